The Morgan fingerprint density at radius 3 is 2.11 bits per heavy atom. The second-order valence-electron chi connectivity index (χ2n) is 9.00. The Bertz CT molecular complexity index is 1200. The van der Waals surface area contributed by atoms with Crippen molar-refractivity contribution in [2.75, 3.05) is 27.8 Å². The molecule has 204 valence electrons. The molecule has 3 rings (SSSR count). The third-order valence-corrected chi connectivity index (χ3v) is 5.15. The number of esters is 1. The summed E-state index contributed by atoms with van der Waals surface area (Å²) in [6.07, 6.45) is 5.04. The molecule has 37 heavy (non-hydrogen) atoms. The van der Waals surface area contributed by atoms with Crippen LogP contribution < -0.4 is 15.0 Å². The van der Waals surface area contributed by atoms with E-state index in [0.717, 1.165) is 22.1 Å². The summed E-state index contributed by atoms with van der Waals surface area (Å²) in [7, 11) is 6.74. The number of pyridine rings is 2. The molecule has 0 aliphatic rings. The molecule has 0 radical (unpaired) electrons. The van der Waals surface area contributed by atoms with Gasteiger partial charge in [0, 0.05) is 37.7 Å². The minimum atomic E-state index is -0.539. The summed E-state index contributed by atoms with van der Waals surface area (Å²) in [6.45, 7) is 14.1. The molecule has 8 nitrogen and oxygen atoms in total. The number of aromatic nitrogens is 2. The summed E-state index contributed by atoms with van der Waals surface area (Å²) in [5, 5.41) is 1.34. The number of fused-ring (bicyclic) bond motifs is 1. The Hall–Kier alpha value is -3.39. The van der Waals surface area contributed by atoms with Crippen LogP contribution in [0.3, 0.4) is 0 Å². The number of methoxy groups -OCH3 is 2. The van der Waals surface area contributed by atoms with Crippen molar-refractivity contribution in [3.63, 3.8) is 0 Å². The van der Waals surface area contributed by atoms with Crippen molar-refractivity contribution in [1.82, 2.24) is 14.5 Å². The van der Waals surface area contributed by atoms with Gasteiger partial charge in [-0.3, -0.25) is 19.5 Å². The fourth-order valence-corrected chi connectivity index (χ4v) is 3.76. The smallest absolute Gasteiger partial charge is 0.320 e. The predicted octanol–water partition coefficient (Wildman–Crippen LogP) is 5.44. The van der Waals surface area contributed by atoms with Crippen molar-refractivity contribution < 1.29 is 19.0 Å². The molecule has 8 heteroatoms. The molecule has 0 saturated carbocycles. The Balaban J connectivity index is 0.00000163. The molecule has 3 aromatic rings. The lowest BCUT2D eigenvalue weighted by Crippen LogP contribution is -2.32. The van der Waals surface area contributed by atoms with Gasteiger partial charge in [0.05, 0.1) is 31.7 Å². The van der Waals surface area contributed by atoms with Gasteiger partial charge >= 0.3 is 5.97 Å². The monoisotopic (exact) mass is 513 g/mol. The molecule has 0 saturated heterocycles. The van der Waals surface area contributed by atoms with E-state index in [1.165, 1.54) is 0 Å². The van der Waals surface area contributed by atoms with Crippen LogP contribution in [0.2, 0.25) is 0 Å². The van der Waals surface area contributed by atoms with Crippen molar-refractivity contribution in [3.05, 3.63) is 52.7 Å². The Morgan fingerprint density at radius 2 is 1.59 bits per heavy atom. The molecule has 0 amide bonds. The first kappa shape index (κ1) is 31.6. The number of carbonyl (C=O) groups is 1. The highest BCUT2D eigenvalue weighted by atomic mass is 16.6. The molecule has 0 bridgehead atoms. The maximum atomic E-state index is 12.5. The molecule has 0 N–H and O–H groups in total. The maximum Gasteiger partial charge on any atom is 0.320 e. The van der Waals surface area contributed by atoms with E-state index < -0.39 is 5.60 Å². The largest absolute Gasteiger partial charge is 0.496 e. The number of hydrogen-bond acceptors (Lipinski definition) is 7. The van der Waals surface area contributed by atoms with E-state index in [9.17, 15) is 9.59 Å². The summed E-state index contributed by atoms with van der Waals surface area (Å²) < 4.78 is 18.4. The summed E-state index contributed by atoms with van der Waals surface area (Å²) in [4.78, 5) is 30.7. The first-order chi connectivity index (χ1) is 17.5. The topological polar surface area (TPSA) is 82.9 Å². The molecule has 0 aliphatic carbocycles. The minimum Gasteiger partial charge on any atom is -0.496 e. The third kappa shape index (κ3) is 8.32. The average molecular weight is 514 g/mol. The molecule has 1 aromatic carbocycles. The Kier molecular flexibility index (Phi) is 12.3. The van der Waals surface area contributed by atoms with Crippen molar-refractivity contribution in [3.8, 4) is 22.6 Å². The summed E-state index contributed by atoms with van der Waals surface area (Å²) >= 11 is 0. The van der Waals surface area contributed by atoms with Crippen LogP contribution in [0.4, 0.5) is 0 Å². The molecular weight excluding hydrogens is 470 g/mol. The highest BCUT2D eigenvalue weighted by Gasteiger charge is 2.21. The van der Waals surface area contributed by atoms with E-state index in [0.29, 0.717) is 23.4 Å². The summed E-state index contributed by atoms with van der Waals surface area (Å²) in [6, 6.07) is 5.66. The lowest BCUT2D eigenvalue weighted by atomic mass is 9.99. The predicted molar refractivity (Wildman–Crippen MR) is 150 cm³/mol. The first-order valence-corrected chi connectivity index (χ1v) is 12.6. The van der Waals surface area contributed by atoms with Gasteiger partial charge in [0.25, 0.3) is 5.56 Å². The van der Waals surface area contributed by atoms with Crippen LogP contribution in [-0.4, -0.2) is 53.8 Å². The summed E-state index contributed by atoms with van der Waals surface area (Å²) in [5.74, 6) is 0.942. The van der Waals surface area contributed by atoms with Crippen LogP contribution in [0.1, 0.15) is 54.0 Å². The number of hydrogen-bond donors (Lipinski definition) is 0. The van der Waals surface area contributed by atoms with Crippen LogP contribution in [0, 0.1) is 0 Å². The minimum absolute atomic E-state index is 0.110. The van der Waals surface area contributed by atoms with Gasteiger partial charge in [-0.2, -0.15) is 0 Å². The van der Waals surface area contributed by atoms with Crippen molar-refractivity contribution in [1.29, 1.82) is 0 Å². The molecule has 0 aliphatic heterocycles. The summed E-state index contributed by atoms with van der Waals surface area (Å²) in [5.41, 5.74) is 1.86. The third-order valence-electron chi connectivity index (χ3n) is 5.15. The molecule has 2 aromatic heterocycles. The Labute approximate surface area is 221 Å². The fraction of sp³-hybridized carbons (Fsp3) is 0.483. The normalized spacial score (nSPS) is 10.7. The second kappa shape index (κ2) is 14.4. The highest BCUT2D eigenvalue weighted by Crippen LogP contribution is 2.37. The highest BCUT2D eigenvalue weighted by molar-refractivity contribution is 5.95. The van der Waals surface area contributed by atoms with Crippen LogP contribution >= 0.6 is 0 Å². The number of aryl methyl sites for hydroxylation is 1. The van der Waals surface area contributed by atoms with Gasteiger partial charge in [0.15, 0.2) is 0 Å². The molecule has 0 spiro atoms. The van der Waals surface area contributed by atoms with Gasteiger partial charge in [0.1, 0.15) is 17.1 Å². The zero-order valence-corrected chi connectivity index (χ0v) is 24.3. The molecular formula is C29H43N3O5. The average Bonchev–Trinajstić information content (AvgIpc) is 2.87. The van der Waals surface area contributed by atoms with E-state index in [-0.39, 0.29) is 18.1 Å². The van der Waals surface area contributed by atoms with E-state index in [2.05, 4.69) is 4.98 Å². The molecule has 2 heterocycles. The molecule has 0 atom stereocenters. The SMILES string of the molecule is CC.CC.COc1cc(-c2cn(C)c(=O)c3cnccc23)cc(OC)c1CN(C)CC(=O)OC(C)(C)C. The van der Waals surface area contributed by atoms with Gasteiger partial charge in [-0.05, 0) is 57.0 Å². The van der Waals surface area contributed by atoms with Gasteiger partial charge in [-0.15, -0.1) is 0 Å². The fourth-order valence-electron chi connectivity index (χ4n) is 3.76. The number of likely N-dealkylation sites (N-methyl/N-ethyl adjacent to an activating group) is 1. The van der Waals surface area contributed by atoms with Crippen LogP contribution in [0.15, 0.2) is 41.6 Å². The van der Waals surface area contributed by atoms with Gasteiger partial charge in [-0.1, -0.05) is 27.7 Å². The zero-order chi connectivity index (χ0) is 28.3. The number of rotatable bonds is 7. The van der Waals surface area contributed by atoms with Crippen molar-refractivity contribution in [2.45, 2.75) is 60.6 Å². The lowest BCUT2D eigenvalue weighted by molar-refractivity contribution is -0.155. The number of nitrogens with zero attached hydrogens (tertiary/aromatic N) is 3. The van der Waals surface area contributed by atoms with E-state index in [4.69, 9.17) is 14.2 Å². The number of carbonyl (C=O) groups excluding carboxylic acids is 1. The molecule has 0 fully saturated rings. The zero-order valence-electron chi connectivity index (χ0n) is 24.3. The van der Waals surface area contributed by atoms with E-state index in [1.807, 2.05) is 78.6 Å². The number of ether oxygens (including phenoxy) is 3. The lowest BCUT2D eigenvalue weighted by Gasteiger charge is -2.24. The van der Waals surface area contributed by atoms with E-state index in [1.54, 1.807) is 44.4 Å². The van der Waals surface area contributed by atoms with Gasteiger partial charge in [-0.25, -0.2) is 0 Å². The maximum absolute atomic E-state index is 12.5. The number of benzene rings is 1. The van der Waals surface area contributed by atoms with Gasteiger partial charge in [0.2, 0.25) is 0 Å². The molecule has 0 unspecified atom stereocenters. The van der Waals surface area contributed by atoms with Crippen LogP contribution in [-0.2, 0) is 23.1 Å². The second-order valence-corrected chi connectivity index (χ2v) is 9.00. The Morgan fingerprint density at radius 1 is 1.03 bits per heavy atom. The van der Waals surface area contributed by atoms with E-state index >= 15 is 0 Å². The van der Waals surface area contributed by atoms with Crippen molar-refractivity contribution in [2.24, 2.45) is 7.05 Å². The van der Waals surface area contributed by atoms with Crippen LogP contribution in [0.25, 0.3) is 21.9 Å². The standard InChI is InChI=1S/C25H31N3O5.2C2H6/c1-25(2,3)33-23(29)15-27(4)13-20-21(31-6)10-16(11-22(20)32-7)19-14-28(5)24(30)18-12-26-9-8-17(18)19;2*1-2/h8-12,14H,13,15H2,1-7H3;2*1-2H3. The van der Waals surface area contributed by atoms with Crippen LogP contribution in [0.5, 0.6) is 11.5 Å². The van der Waals surface area contributed by atoms with Gasteiger partial charge < -0.3 is 18.8 Å². The quantitative estimate of drug-likeness (QED) is 0.389. The van der Waals surface area contributed by atoms with Crippen molar-refractivity contribution >= 4 is 16.7 Å². The first-order valence-electron chi connectivity index (χ1n) is 12.6.